The van der Waals surface area contributed by atoms with Gasteiger partial charge in [-0.2, -0.15) is 4.98 Å². The smallest absolute Gasteiger partial charge is 0.314 e. The molecular weight excluding hydrogens is 322 g/mol. The summed E-state index contributed by atoms with van der Waals surface area (Å²) in [7, 11) is 0. The second kappa shape index (κ2) is 7.04. The molecule has 0 radical (unpaired) electrons. The number of benzene rings is 1. The van der Waals surface area contributed by atoms with Crippen molar-refractivity contribution in [2.75, 3.05) is 13.1 Å². The number of nitrogens with zero attached hydrogens (tertiary/aromatic N) is 3. The van der Waals surface area contributed by atoms with Crippen LogP contribution in [0.4, 0.5) is 0 Å². The molecule has 0 unspecified atom stereocenters. The van der Waals surface area contributed by atoms with E-state index in [1.54, 1.807) is 11.8 Å². The fourth-order valence-electron chi connectivity index (χ4n) is 3.33. The van der Waals surface area contributed by atoms with Crippen LogP contribution in [0.25, 0.3) is 0 Å². The van der Waals surface area contributed by atoms with Crippen LogP contribution >= 0.6 is 0 Å². The molecule has 7 heteroatoms. The van der Waals surface area contributed by atoms with Gasteiger partial charge in [-0.1, -0.05) is 35.5 Å². The summed E-state index contributed by atoms with van der Waals surface area (Å²) < 4.78 is 5.01. The molecule has 1 fully saturated rings. The first-order valence-corrected chi connectivity index (χ1v) is 8.37. The number of aliphatic carboxylic acids is 1. The molecule has 0 aliphatic carbocycles. The van der Waals surface area contributed by atoms with Crippen LogP contribution in [0, 0.1) is 6.92 Å². The number of carbonyl (C=O) groups is 2. The lowest BCUT2D eigenvalue weighted by Crippen LogP contribution is -2.49. The number of carbonyl (C=O) groups excluding carboxylic acids is 1. The topological polar surface area (TPSA) is 96.5 Å². The van der Waals surface area contributed by atoms with E-state index in [0.717, 1.165) is 5.56 Å². The van der Waals surface area contributed by atoms with Gasteiger partial charge in [0, 0.05) is 25.9 Å². The van der Waals surface area contributed by atoms with Crippen LogP contribution in [-0.2, 0) is 21.4 Å². The molecule has 132 valence electrons. The fraction of sp³-hybridized carbons (Fsp3) is 0.444. The molecule has 1 aromatic heterocycles. The summed E-state index contributed by atoms with van der Waals surface area (Å²) in [6.45, 7) is 2.60. The SMILES string of the molecule is Cc1noc(CCC(=O)N2CCC(C(=O)O)(c3ccccc3)CC2)n1. The van der Waals surface area contributed by atoms with Crippen molar-refractivity contribution in [3.05, 3.63) is 47.6 Å². The van der Waals surface area contributed by atoms with Crippen molar-refractivity contribution >= 4 is 11.9 Å². The summed E-state index contributed by atoms with van der Waals surface area (Å²) in [6.07, 6.45) is 1.52. The normalized spacial score (nSPS) is 16.6. The highest BCUT2D eigenvalue weighted by molar-refractivity contribution is 5.82. The van der Waals surface area contributed by atoms with E-state index in [4.69, 9.17) is 4.52 Å². The Hall–Kier alpha value is -2.70. The maximum Gasteiger partial charge on any atom is 0.314 e. The lowest BCUT2D eigenvalue weighted by atomic mass is 9.73. The summed E-state index contributed by atoms with van der Waals surface area (Å²) in [4.78, 5) is 30.1. The predicted octanol–water partition coefficient (Wildman–Crippen LogP) is 1.96. The van der Waals surface area contributed by atoms with Crippen molar-refractivity contribution in [2.24, 2.45) is 0 Å². The quantitative estimate of drug-likeness (QED) is 0.891. The maximum absolute atomic E-state index is 12.4. The van der Waals surface area contributed by atoms with Crippen LogP contribution in [-0.4, -0.2) is 45.1 Å². The minimum Gasteiger partial charge on any atom is -0.481 e. The Bertz CT molecular complexity index is 749. The molecule has 0 saturated carbocycles. The second-order valence-corrected chi connectivity index (χ2v) is 6.37. The Morgan fingerprint density at radius 1 is 1.24 bits per heavy atom. The van der Waals surface area contributed by atoms with Crippen molar-refractivity contribution in [3.63, 3.8) is 0 Å². The van der Waals surface area contributed by atoms with Gasteiger partial charge in [0.25, 0.3) is 0 Å². The average Bonchev–Trinajstić information content (AvgIpc) is 3.05. The molecule has 1 N–H and O–H groups in total. The average molecular weight is 343 g/mol. The molecule has 3 rings (SSSR count). The summed E-state index contributed by atoms with van der Waals surface area (Å²) in [6, 6.07) is 9.28. The zero-order valence-electron chi connectivity index (χ0n) is 14.1. The first-order valence-electron chi connectivity index (χ1n) is 8.37. The zero-order chi connectivity index (χ0) is 17.9. The van der Waals surface area contributed by atoms with E-state index in [2.05, 4.69) is 10.1 Å². The summed E-state index contributed by atoms with van der Waals surface area (Å²) in [5.41, 5.74) is -0.113. The number of carboxylic acids is 1. The molecular formula is C18H21N3O4. The van der Waals surface area contributed by atoms with Gasteiger partial charge in [-0.05, 0) is 25.3 Å². The van der Waals surface area contributed by atoms with Gasteiger partial charge in [0.1, 0.15) is 0 Å². The van der Waals surface area contributed by atoms with Crippen LogP contribution in [0.15, 0.2) is 34.9 Å². The Labute approximate surface area is 145 Å². The highest BCUT2D eigenvalue weighted by Gasteiger charge is 2.43. The van der Waals surface area contributed by atoms with Gasteiger partial charge >= 0.3 is 5.97 Å². The van der Waals surface area contributed by atoms with Crippen LogP contribution in [0.2, 0.25) is 0 Å². The maximum atomic E-state index is 12.4. The molecule has 7 nitrogen and oxygen atoms in total. The molecule has 1 amide bonds. The fourth-order valence-corrected chi connectivity index (χ4v) is 3.33. The van der Waals surface area contributed by atoms with Crippen LogP contribution in [0.5, 0.6) is 0 Å². The van der Waals surface area contributed by atoms with Crippen molar-refractivity contribution in [2.45, 2.75) is 38.0 Å². The number of carboxylic acid groups (broad SMARTS) is 1. The molecule has 2 aromatic rings. The number of likely N-dealkylation sites (tertiary alicyclic amines) is 1. The molecule has 1 aliphatic heterocycles. The van der Waals surface area contributed by atoms with E-state index < -0.39 is 11.4 Å². The largest absolute Gasteiger partial charge is 0.481 e. The van der Waals surface area contributed by atoms with Crippen molar-refractivity contribution in [3.8, 4) is 0 Å². The van der Waals surface area contributed by atoms with Crippen LogP contribution < -0.4 is 0 Å². The third-order valence-electron chi connectivity index (χ3n) is 4.83. The van der Waals surface area contributed by atoms with Gasteiger partial charge < -0.3 is 14.5 Å². The van der Waals surface area contributed by atoms with Gasteiger partial charge in [0.2, 0.25) is 11.8 Å². The summed E-state index contributed by atoms with van der Waals surface area (Å²) >= 11 is 0. The van der Waals surface area contributed by atoms with E-state index in [0.29, 0.717) is 44.1 Å². The zero-order valence-corrected chi connectivity index (χ0v) is 14.1. The number of rotatable bonds is 5. The Kier molecular flexibility index (Phi) is 4.83. The van der Waals surface area contributed by atoms with Gasteiger partial charge in [-0.15, -0.1) is 0 Å². The summed E-state index contributed by atoms with van der Waals surface area (Å²) in [5.74, 6) is 0.164. The first-order chi connectivity index (χ1) is 12.0. The molecule has 2 heterocycles. The number of hydrogen-bond acceptors (Lipinski definition) is 5. The first kappa shape index (κ1) is 17.1. The van der Waals surface area contributed by atoms with E-state index in [1.165, 1.54) is 0 Å². The van der Waals surface area contributed by atoms with Gasteiger partial charge in [0.15, 0.2) is 5.82 Å². The van der Waals surface area contributed by atoms with Gasteiger partial charge in [-0.25, -0.2) is 0 Å². The standard InChI is InChI=1S/C18H21N3O4/c1-13-19-15(25-20-13)7-8-16(22)21-11-9-18(10-12-21,17(23)24)14-5-3-2-4-6-14/h2-6H,7-12H2,1H3,(H,23,24). The lowest BCUT2D eigenvalue weighted by molar-refractivity contribution is -0.148. The van der Waals surface area contributed by atoms with E-state index in [1.807, 2.05) is 30.3 Å². The second-order valence-electron chi connectivity index (χ2n) is 6.37. The van der Waals surface area contributed by atoms with Crippen LogP contribution in [0.1, 0.15) is 36.5 Å². The number of aromatic nitrogens is 2. The predicted molar refractivity (Wildman–Crippen MR) is 88.9 cm³/mol. The highest BCUT2D eigenvalue weighted by Crippen LogP contribution is 2.36. The lowest BCUT2D eigenvalue weighted by Gasteiger charge is -2.39. The van der Waals surface area contributed by atoms with E-state index in [9.17, 15) is 14.7 Å². The Morgan fingerprint density at radius 3 is 2.48 bits per heavy atom. The van der Waals surface area contributed by atoms with Crippen molar-refractivity contribution < 1.29 is 19.2 Å². The molecule has 1 aromatic carbocycles. The minimum absolute atomic E-state index is 0.0112. The number of amides is 1. The van der Waals surface area contributed by atoms with Crippen molar-refractivity contribution in [1.82, 2.24) is 15.0 Å². The molecule has 0 spiro atoms. The highest BCUT2D eigenvalue weighted by atomic mass is 16.5. The van der Waals surface area contributed by atoms with Crippen LogP contribution in [0.3, 0.4) is 0 Å². The minimum atomic E-state index is -0.915. The Morgan fingerprint density at radius 2 is 1.92 bits per heavy atom. The monoisotopic (exact) mass is 343 g/mol. The molecule has 0 bridgehead atoms. The van der Waals surface area contributed by atoms with Gasteiger partial charge in [0.05, 0.1) is 5.41 Å². The van der Waals surface area contributed by atoms with Gasteiger partial charge in [-0.3, -0.25) is 9.59 Å². The molecule has 25 heavy (non-hydrogen) atoms. The Balaban J connectivity index is 1.61. The van der Waals surface area contributed by atoms with E-state index in [-0.39, 0.29) is 12.3 Å². The molecule has 0 atom stereocenters. The van der Waals surface area contributed by atoms with E-state index >= 15 is 0 Å². The number of piperidine rings is 1. The molecule has 1 aliphatic rings. The number of aryl methyl sites for hydroxylation is 2. The molecule has 1 saturated heterocycles. The summed E-state index contributed by atoms with van der Waals surface area (Å²) in [5, 5.41) is 13.5. The third-order valence-corrected chi connectivity index (χ3v) is 4.83. The number of hydrogen-bond donors (Lipinski definition) is 1. The van der Waals surface area contributed by atoms with Crippen molar-refractivity contribution in [1.29, 1.82) is 0 Å². The third kappa shape index (κ3) is 3.55.